The summed E-state index contributed by atoms with van der Waals surface area (Å²) in [6.07, 6.45) is 19.7. The summed E-state index contributed by atoms with van der Waals surface area (Å²) in [5.41, 5.74) is 11.3. The number of hydrogen-bond acceptors (Lipinski definition) is 18. The first-order chi connectivity index (χ1) is 59.1. The van der Waals surface area contributed by atoms with Crippen LogP contribution < -0.4 is 41.4 Å². The van der Waals surface area contributed by atoms with Crippen molar-refractivity contribution >= 4 is 78.1 Å². The molecule has 4 unspecified atom stereocenters. The zero-order chi connectivity index (χ0) is 86.5. The number of unbranched alkanes of at least 4 members (excludes halogenated alkanes) is 12. The SMILES string of the molecule is CCc1ccc(-c2cc3ccc(OCCCCCC[Si](C)(OC)O[Si](C)(CCCCCCOc4ccc5cc(-c6ccc(CC)cc6)c(=O)oc5c4)OC)cc3oc2=O)cc1.CCc1ccccc1-c1cc2ccc(OCCCCCC[Si](C)(OC)O[Si](C)(CCCCCCOc3ccc4cc(-c5ccccc5CC)c(=O)oc4c3)OC)cc2oc1=O. The summed E-state index contributed by atoms with van der Waals surface area (Å²) in [5.74, 6) is 2.79. The molecule has 12 aromatic rings. The number of ether oxygens (including phenoxy) is 4. The van der Waals surface area contributed by atoms with Crippen LogP contribution in [0.2, 0.25) is 50.4 Å². The maximum absolute atomic E-state index is 12.9. The molecule has 22 heteroatoms. The number of hydrogen-bond donors (Lipinski definition) is 0. The highest BCUT2D eigenvalue weighted by Crippen LogP contribution is 2.35. The van der Waals surface area contributed by atoms with E-state index in [-0.39, 0.29) is 22.5 Å². The minimum atomic E-state index is -2.41. The molecular weight excluding hydrogens is 1600 g/mol. The Bertz CT molecular complexity index is 5270. The summed E-state index contributed by atoms with van der Waals surface area (Å²) in [6, 6.07) is 66.0. The summed E-state index contributed by atoms with van der Waals surface area (Å²) in [5, 5.41) is 3.47. The van der Waals surface area contributed by atoms with Crippen LogP contribution in [0.5, 0.6) is 23.0 Å². The molecule has 0 aliphatic carbocycles. The molecule has 0 saturated carbocycles. The second-order valence-electron chi connectivity index (χ2n) is 32.3. The second kappa shape index (κ2) is 45.7. The van der Waals surface area contributed by atoms with Gasteiger partial charge in [0.15, 0.2) is 0 Å². The third kappa shape index (κ3) is 26.3. The average molecular weight is 1730 g/mol. The van der Waals surface area contributed by atoms with Gasteiger partial charge in [-0.3, -0.25) is 0 Å². The Hall–Kier alpha value is -9.57. The molecule has 0 fully saturated rings. The van der Waals surface area contributed by atoms with E-state index in [4.69, 9.17) is 62.6 Å². The first kappa shape index (κ1) is 93.1. The molecule has 18 nitrogen and oxygen atoms in total. The van der Waals surface area contributed by atoms with Gasteiger partial charge in [0.1, 0.15) is 45.3 Å². The third-order valence-electron chi connectivity index (χ3n) is 23.3. The fraction of sp³-hybridized carbons (Fsp3) is 0.400. The van der Waals surface area contributed by atoms with Gasteiger partial charge in [0.05, 0.1) is 48.7 Å². The molecule has 8 aromatic carbocycles. The average Bonchev–Trinajstić information content (AvgIpc) is 0.801. The van der Waals surface area contributed by atoms with Gasteiger partial charge in [-0.05, 0) is 219 Å². The van der Waals surface area contributed by atoms with E-state index in [1.165, 1.54) is 11.1 Å². The van der Waals surface area contributed by atoms with Crippen molar-refractivity contribution in [2.24, 2.45) is 0 Å². The van der Waals surface area contributed by atoms with Gasteiger partial charge in [-0.15, -0.1) is 0 Å². The molecule has 122 heavy (non-hydrogen) atoms. The Labute approximate surface area is 723 Å². The molecule has 0 amide bonds. The quantitative estimate of drug-likeness (QED) is 0.0197. The van der Waals surface area contributed by atoms with Crippen LogP contribution in [0.4, 0.5) is 0 Å². The van der Waals surface area contributed by atoms with Crippen LogP contribution >= 0.6 is 0 Å². The topological polar surface area (TPSA) is 213 Å². The minimum Gasteiger partial charge on any atom is -0.493 e. The molecule has 0 saturated heterocycles. The zero-order valence-electron chi connectivity index (χ0n) is 73.6. The van der Waals surface area contributed by atoms with E-state index in [2.05, 4.69) is 53.9 Å². The van der Waals surface area contributed by atoms with Gasteiger partial charge in [0, 0.05) is 74.2 Å². The van der Waals surface area contributed by atoms with Crippen LogP contribution in [0.1, 0.15) is 153 Å². The van der Waals surface area contributed by atoms with Crippen LogP contribution in [0.15, 0.2) is 231 Å². The molecular formula is C100H124O18Si4. The molecule has 0 aliphatic rings. The van der Waals surface area contributed by atoms with E-state index >= 15 is 0 Å². The lowest BCUT2D eigenvalue weighted by Gasteiger charge is -2.35. The molecule has 0 aliphatic heterocycles. The maximum atomic E-state index is 12.9. The Morgan fingerprint density at radius 1 is 0.262 bits per heavy atom. The van der Waals surface area contributed by atoms with Crippen molar-refractivity contribution in [2.45, 2.75) is 206 Å². The van der Waals surface area contributed by atoms with Crippen molar-refractivity contribution in [1.82, 2.24) is 0 Å². The van der Waals surface area contributed by atoms with Crippen LogP contribution in [0.3, 0.4) is 0 Å². The molecule has 4 heterocycles. The standard InChI is InChI=1S/2C50H62O9Si2/c1-7-37-21-13-15-23-43(37)45-33-39-25-27-41(35-47(39)57-49(45)51)55-29-17-9-11-19-31-60(5,53-3)59-61(6,54-4)32-20-12-10-18-30-56-42-28-26-40-34-46(50(52)58-48(40)36-42)44-24-16-14-22-38(44)8-2;1-7-37-17-21-39(22-18-37)45-33-41-25-27-43(35-47(41)57-49(45)51)55-29-13-9-11-15-31-60(5,53-3)59-61(6,54-4)32-16-12-10-14-30-56-44-28-26-42-34-46(50(52)58-48(42)36-44)40-23-19-38(8-2)20-24-40/h13-16,21-28,33-36H,7-12,17-20,29-32H2,1-6H3;17-28,33-36H,7-16,29-32H2,1-6H3. The summed E-state index contributed by atoms with van der Waals surface area (Å²) < 4.78 is 84.8. The summed E-state index contributed by atoms with van der Waals surface area (Å²) in [4.78, 5) is 51.5. The van der Waals surface area contributed by atoms with Crippen molar-refractivity contribution in [1.29, 1.82) is 0 Å². The van der Waals surface area contributed by atoms with Gasteiger partial charge in [-0.25, -0.2) is 19.2 Å². The van der Waals surface area contributed by atoms with E-state index in [0.717, 1.165) is 208 Å². The minimum absolute atomic E-state index is 0.339. The number of fused-ring (bicyclic) bond motifs is 4. The summed E-state index contributed by atoms with van der Waals surface area (Å²) >= 11 is 0. The van der Waals surface area contributed by atoms with Crippen LogP contribution in [-0.2, 0) is 51.6 Å². The van der Waals surface area contributed by atoms with E-state index < -0.39 is 34.2 Å². The molecule has 0 spiro atoms. The van der Waals surface area contributed by atoms with Crippen LogP contribution in [0, 0.1) is 0 Å². The predicted octanol–water partition coefficient (Wildman–Crippen LogP) is 24.8. The largest absolute Gasteiger partial charge is 0.493 e. The molecule has 0 N–H and O–H groups in total. The van der Waals surface area contributed by atoms with Crippen molar-refractivity contribution in [3.05, 3.63) is 258 Å². The monoisotopic (exact) mass is 1720 g/mol. The third-order valence-corrected chi connectivity index (χ3v) is 38.7. The lowest BCUT2D eigenvalue weighted by molar-refractivity contribution is 0.236. The van der Waals surface area contributed by atoms with E-state index in [9.17, 15) is 19.2 Å². The van der Waals surface area contributed by atoms with Gasteiger partial charge in [-0.1, -0.05) is 202 Å². The highest BCUT2D eigenvalue weighted by atomic mass is 28.5. The van der Waals surface area contributed by atoms with Gasteiger partial charge >= 0.3 is 56.7 Å². The van der Waals surface area contributed by atoms with E-state index in [1.54, 1.807) is 40.6 Å². The Morgan fingerprint density at radius 2 is 0.516 bits per heavy atom. The van der Waals surface area contributed by atoms with Gasteiger partial charge in [-0.2, -0.15) is 0 Å². The number of rotatable bonds is 48. The zero-order valence-corrected chi connectivity index (χ0v) is 77.6. The first-order valence-corrected chi connectivity index (χ1v) is 54.0. The van der Waals surface area contributed by atoms with Crippen LogP contribution in [-0.4, -0.2) is 89.1 Å². The highest BCUT2D eigenvalue weighted by molar-refractivity contribution is 6.80. The van der Waals surface area contributed by atoms with Crippen molar-refractivity contribution in [3.63, 3.8) is 0 Å². The van der Waals surface area contributed by atoms with Crippen LogP contribution in [0.25, 0.3) is 88.4 Å². The summed E-state index contributed by atoms with van der Waals surface area (Å²) in [7, 11) is -2.54. The number of aryl methyl sites for hydroxylation is 4. The predicted molar refractivity (Wildman–Crippen MR) is 501 cm³/mol. The second-order valence-corrected chi connectivity index (χ2v) is 46.7. The van der Waals surface area contributed by atoms with E-state index in [0.29, 0.717) is 94.0 Å². The normalized spacial score (nSPS) is 13.6. The first-order valence-electron chi connectivity index (χ1n) is 43.9. The van der Waals surface area contributed by atoms with Crippen molar-refractivity contribution < 1.29 is 62.6 Å². The summed E-state index contributed by atoms with van der Waals surface area (Å²) in [6.45, 7) is 19.4. The molecule has 4 aromatic heterocycles. The Morgan fingerprint density at radius 3 is 0.779 bits per heavy atom. The van der Waals surface area contributed by atoms with Gasteiger partial charge < -0.3 is 62.6 Å². The van der Waals surface area contributed by atoms with Gasteiger partial charge in [0.25, 0.3) is 0 Å². The van der Waals surface area contributed by atoms with Crippen molar-refractivity contribution in [3.8, 4) is 67.5 Å². The van der Waals surface area contributed by atoms with Gasteiger partial charge in [0.2, 0.25) is 0 Å². The Kier molecular flexibility index (Phi) is 34.9. The molecule has 0 bridgehead atoms. The van der Waals surface area contributed by atoms with Crippen molar-refractivity contribution in [2.75, 3.05) is 54.9 Å². The smallest absolute Gasteiger partial charge is 0.344 e. The number of benzene rings is 8. The fourth-order valence-electron chi connectivity index (χ4n) is 15.6. The lowest BCUT2D eigenvalue weighted by atomic mass is 9.98. The van der Waals surface area contributed by atoms with E-state index in [1.807, 2.05) is 182 Å². The molecule has 4 atom stereocenters. The molecule has 648 valence electrons. The fourth-order valence-corrected chi connectivity index (χ4v) is 30.2. The Balaban J connectivity index is 0.000000238. The maximum Gasteiger partial charge on any atom is 0.344 e. The highest BCUT2D eigenvalue weighted by Gasteiger charge is 2.43. The lowest BCUT2D eigenvalue weighted by Crippen LogP contribution is -2.51. The molecule has 12 rings (SSSR count). The molecule has 0 radical (unpaired) electrons.